The predicted octanol–water partition coefficient (Wildman–Crippen LogP) is 1.77. The summed E-state index contributed by atoms with van der Waals surface area (Å²) >= 11 is 0. The van der Waals surface area contributed by atoms with Crippen LogP contribution in [0.2, 0.25) is 0 Å². The highest BCUT2D eigenvalue weighted by atomic mass is 19.1. The molecule has 1 aliphatic rings. The maximum Gasteiger partial charge on any atom is 0.256 e. The van der Waals surface area contributed by atoms with Gasteiger partial charge in [-0.25, -0.2) is 4.39 Å². The van der Waals surface area contributed by atoms with E-state index < -0.39 is 17.8 Å². The highest BCUT2D eigenvalue weighted by molar-refractivity contribution is 5.94. The normalized spacial score (nSPS) is 20.0. The van der Waals surface area contributed by atoms with Gasteiger partial charge >= 0.3 is 0 Å². The Balaban J connectivity index is 1.72. The van der Waals surface area contributed by atoms with Gasteiger partial charge in [0.2, 0.25) is 0 Å². The fraction of sp³-hybridized carbons (Fsp3) is 0.278. The number of hydrogen-bond donors (Lipinski definition) is 1. The van der Waals surface area contributed by atoms with Crippen molar-refractivity contribution in [3.8, 4) is 6.07 Å². The second-order valence-electron chi connectivity index (χ2n) is 5.87. The van der Waals surface area contributed by atoms with Crippen LogP contribution in [0.25, 0.3) is 0 Å². The average molecular weight is 325 g/mol. The first kappa shape index (κ1) is 16.1. The van der Waals surface area contributed by atoms with Gasteiger partial charge in [0.25, 0.3) is 5.91 Å². The number of β-amino-alcohol motifs (C(OH)–C–C–N with tert-alkyl or cyclic N) is 1. The average Bonchev–Trinajstić information content (AvgIpc) is 2.96. The second kappa shape index (κ2) is 6.77. The van der Waals surface area contributed by atoms with Crippen LogP contribution in [0.3, 0.4) is 0 Å². The molecular weight excluding hydrogens is 309 g/mol. The SMILES string of the molecule is N#Cc1ccc(C(=O)N2C[C@@H](Cc3ccccn3)[C@H](O)C2)c(F)c1. The van der Waals surface area contributed by atoms with Crippen LogP contribution in [-0.4, -0.2) is 40.1 Å². The van der Waals surface area contributed by atoms with Crippen LogP contribution in [0, 0.1) is 23.1 Å². The summed E-state index contributed by atoms with van der Waals surface area (Å²) in [6, 6.07) is 11.2. The summed E-state index contributed by atoms with van der Waals surface area (Å²) in [7, 11) is 0. The molecule has 2 aromatic rings. The number of halogens is 1. The first-order valence-corrected chi connectivity index (χ1v) is 7.65. The van der Waals surface area contributed by atoms with Gasteiger partial charge in [0.1, 0.15) is 5.82 Å². The molecule has 0 radical (unpaired) electrons. The lowest BCUT2D eigenvalue weighted by atomic mass is 10.00. The van der Waals surface area contributed by atoms with Gasteiger partial charge in [-0.05, 0) is 36.8 Å². The van der Waals surface area contributed by atoms with Crippen molar-refractivity contribution in [2.45, 2.75) is 12.5 Å². The van der Waals surface area contributed by atoms with Crippen LogP contribution in [0.5, 0.6) is 0 Å². The van der Waals surface area contributed by atoms with Crippen LogP contribution in [0.4, 0.5) is 4.39 Å². The molecule has 24 heavy (non-hydrogen) atoms. The number of amides is 1. The van der Waals surface area contributed by atoms with Crippen LogP contribution in [0.1, 0.15) is 21.6 Å². The van der Waals surface area contributed by atoms with Crippen LogP contribution < -0.4 is 0 Å². The lowest BCUT2D eigenvalue weighted by molar-refractivity contribution is 0.0760. The molecule has 2 atom stereocenters. The molecule has 1 aromatic carbocycles. The zero-order valence-electron chi connectivity index (χ0n) is 12.9. The monoisotopic (exact) mass is 325 g/mol. The van der Waals surface area contributed by atoms with E-state index in [-0.39, 0.29) is 23.6 Å². The quantitative estimate of drug-likeness (QED) is 0.933. The van der Waals surface area contributed by atoms with Crippen molar-refractivity contribution in [3.05, 3.63) is 65.2 Å². The minimum atomic E-state index is -0.721. The summed E-state index contributed by atoms with van der Waals surface area (Å²) in [5.74, 6) is -1.33. The number of aromatic nitrogens is 1. The fourth-order valence-electron chi connectivity index (χ4n) is 2.94. The van der Waals surface area contributed by atoms with E-state index in [4.69, 9.17) is 5.26 Å². The van der Waals surface area contributed by atoms with Crippen molar-refractivity contribution >= 4 is 5.91 Å². The zero-order valence-corrected chi connectivity index (χ0v) is 12.9. The molecule has 1 N–H and O–H groups in total. The van der Waals surface area contributed by atoms with Gasteiger partial charge in [-0.3, -0.25) is 9.78 Å². The van der Waals surface area contributed by atoms with E-state index in [1.165, 1.54) is 17.0 Å². The lowest BCUT2D eigenvalue weighted by Crippen LogP contribution is -2.30. The molecule has 2 heterocycles. The molecule has 1 amide bonds. The molecule has 0 unspecified atom stereocenters. The van der Waals surface area contributed by atoms with E-state index in [9.17, 15) is 14.3 Å². The third kappa shape index (κ3) is 3.26. The lowest BCUT2D eigenvalue weighted by Gasteiger charge is -2.16. The van der Waals surface area contributed by atoms with Crippen LogP contribution in [-0.2, 0) is 6.42 Å². The summed E-state index contributed by atoms with van der Waals surface area (Å²) in [5, 5.41) is 19.0. The van der Waals surface area contributed by atoms with Crippen molar-refractivity contribution in [3.63, 3.8) is 0 Å². The molecule has 6 heteroatoms. The van der Waals surface area contributed by atoms with Gasteiger partial charge in [0.05, 0.1) is 23.3 Å². The summed E-state index contributed by atoms with van der Waals surface area (Å²) in [6.07, 6.45) is 1.57. The minimum Gasteiger partial charge on any atom is -0.391 e. The maximum atomic E-state index is 14.0. The molecule has 122 valence electrons. The third-order valence-electron chi connectivity index (χ3n) is 4.22. The topological polar surface area (TPSA) is 77.2 Å². The highest BCUT2D eigenvalue weighted by Crippen LogP contribution is 2.23. The van der Waals surface area contributed by atoms with E-state index >= 15 is 0 Å². The van der Waals surface area contributed by atoms with E-state index in [0.29, 0.717) is 13.0 Å². The van der Waals surface area contributed by atoms with Crippen molar-refractivity contribution in [2.24, 2.45) is 5.92 Å². The molecular formula is C18H16FN3O2. The van der Waals surface area contributed by atoms with E-state index in [1.807, 2.05) is 24.3 Å². The van der Waals surface area contributed by atoms with Gasteiger partial charge in [0.15, 0.2) is 0 Å². The molecule has 5 nitrogen and oxygen atoms in total. The Hall–Kier alpha value is -2.78. The van der Waals surface area contributed by atoms with Crippen LogP contribution >= 0.6 is 0 Å². The second-order valence-corrected chi connectivity index (χ2v) is 5.87. The number of carbonyl (C=O) groups is 1. The van der Waals surface area contributed by atoms with Gasteiger partial charge in [-0.2, -0.15) is 5.26 Å². The highest BCUT2D eigenvalue weighted by Gasteiger charge is 2.35. The molecule has 0 spiro atoms. The smallest absolute Gasteiger partial charge is 0.256 e. The van der Waals surface area contributed by atoms with Gasteiger partial charge in [-0.1, -0.05) is 6.07 Å². The first-order chi connectivity index (χ1) is 11.6. The molecule has 1 saturated heterocycles. The third-order valence-corrected chi connectivity index (χ3v) is 4.22. The Morgan fingerprint density at radius 2 is 2.21 bits per heavy atom. The molecule has 0 saturated carbocycles. The number of likely N-dealkylation sites (tertiary alicyclic amines) is 1. The molecule has 0 bridgehead atoms. The molecule has 1 aromatic heterocycles. The standard InChI is InChI=1S/C18H16FN3O2/c19-16-7-12(9-20)4-5-15(16)18(24)22-10-13(17(23)11-22)8-14-3-1-2-6-21-14/h1-7,13,17,23H,8,10-11H2/t13-,17-/m1/s1. The largest absolute Gasteiger partial charge is 0.391 e. The predicted molar refractivity (Wildman–Crippen MR) is 84.5 cm³/mol. The van der Waals surface area contributed by atoms with Gasteiger partial charge in [-0.15, -0.1) is 0 Å². The number of rotatable bonds is 3. The summed E-state index contributed by atoms with van der Waals surface area (Å²) < 4.78 is 14.0. The number of carbonyl (C=O) groups excluding carboxylic acids is 1. The minimum absolute atomic E-state index is 0.0836. The maximum absolute atomic E-state index is 14.0. The van der Waals surface area contributed by atoms with Gasteiger partial charge < -0.3 is 10.0 Å². The number of benzene rings is 1. The molecule has 1 aliphatic heterocycles. The van der Waals surface area contributed by atoms with E-state index in [0.717, 1.165) is 11.8 Å². The summed E-state index contributed by atoms with van der Waals surface area (Å²) in [6.45, 7) is 0.506. The Morgan fingerprint density at radius 1 is 1.38 bits per heavy atom. The number of aliphatic hydroxyl groups excluding tert-OH is 1. The number of pyridine rings is 1. The Kier molecular flexibility index (Phi) is 4.54. The zero-order chi connectivity index (χ0) is 17.1. The van der Waals surface area contributed by atoms with Gasteiger partial charge in [0, 0.05) is 30.9 Å². The van der Waals surface area contributed by atoms with Crippen LogP contribution in [0.15, 0.2) is 42.6 Å². The van der Waals surface area contributed by atoms with E-state index in [2.05, 4.69) is 4.98 Å². The number of hydrogen-bond acceptors (Lipinski definition) is 4. The fourth-order valence-corrected chi connectivity index (χ4v) is 2.94. The van der Waals surface area contributed by atoms with Crippen molar-refractivity contribution in [1.82, 2.24) is 9.88 Å². The van der Waals surface area contributed by atoms with Crippen molar-refractivity contribution in [1.29, 1.82) is 5.26 Å². The molecule has 1 fully saturated rings. The summed E-state index contributed by atoms with van der Waals surface area (Å²) in [5.41, 5.74) is 0.929. The Morgan fingerprint density at radius 3 is 2.88 bits per heavy atom. The molecule has 0 aliphatic carbocycles. The number of nitriles is 1. The number of nitrogens with zero attached hydrogens (tertiary/aromatic N) is 3. The Labute approximate surface area is 139 Å². The van der Waals surface area contributed by atoms with Crippen molar-refractivity contribution < 1.29 is 14.3 Å². The van der Waals surface area contributed by atoms with Crippen molar-refractivity contribution in [2.75, 3.05) is 13.1 Å². The molecule has 3 rings (SSSR count). The number of aliphatic hydroxyl groups is 1. The Bertz CT molecular complexity index is 789. The van der Waals surface area contributed by atoms with E-state index in [1.54, 1.807) is 6.20 Å². The summed E-state index contributed by atoms with van der Waals surface area (Å²) in [4.78, 5) is 18.2. The first-order valence-electron chi connectivity index (χ1n) is 7.65.